The predicted octanol–water partition coefficient (Wildman–Crippen LogP) is 10.0. The van der Waals surface area contributed by atoms with Crippen LogP contribution in [0.1, 0.15) is 102 Å². The first-order valence-corrected chi connectivity index (χ1v) is 12.8. The average Bonchev–Trinajstić information content (AvgIpc) is 3.27. The van der Waals surface area contributed by atoms with Crippen LogP contribution in [0.3, 0.4) is 0 Å². The molecule has 0 amide bonds. The summed E-state index contributed by atoms with van der Waals surface area (Å²) >= 11 is 0. The largest absolute Gasteiger partial charge is 0.0952 e. The van der Waals surface area contributed by atoms with Crippen LogP contribution in [0, 0.1) is 5.92 Å². The molecule has 1 aliphatic rings. The van der Waals surface area contributed by atoms with Crippen molar-refractivity contribution in [2.75, 3.05) is 0 Å². The standard InChI is InChI=1S/C34H44/c1-11-23(2)26-15-17-27(18-16-26)32-14-12-13-31(32)25(4)19-24(3)28-20-29(33(5,6)7)22-30(21-28)34(8,9)10/h12-18,20-22,25,32H,2-3,11,19H2,1,4-10H3/t25-,32?/m1/s1. The maximum absolute atomic E-state index is 4.56. The molecular weight excluding hydrogens is 408 g/mol. The molecule has 0 saturated heterocycles. The van der Waals surface area contributed by atoms with Gasteiger partial charge in [0, 0.05) is 5.92 Å². The van der Waals surface area contributed by atoms with Crippen molar-refractivity contribution in [3.63, 3.8) is 0 Å². The topological polar surface area (TPSA) is 0 Å². The summed E-state index contributed by atoms with van der Waals surface area (Å²) < 4.78 is 0. The first-order chi connectivity index (χ1) is 15.8. The summed E-state index contributed by atoms with van der Waals surface area (Å²) in [6.45, 7) is 27.0. The highest BCUT2D eigenvalue weighted by molar-refractivity contribution is 5.67. The lowest BCUT2D eigenvalue weighted by Gasteiger charge is -2.27. The van der Waals surface area contributed by atoms with Crippen LogP contribution in [0.25, 0.3) is 11.1 Å². The van der Waals surface area contributed by atoms with Gasteiger partial charge in [-0.25, -0.2) is 0 Å². The highest BCUT2D eigenvalue weighted by Gasteiger charge is 2.24. The molecule has 2 aromatic rings. The molecule has 1 aliphatic carbocycles. The summed E-state index contributed by atoms with van der Waals surface area (Å²) in [5.41, 5.74) is 10.8. The third-order valence-corrected chi connectivity index (χ3v) is 7.25. The van der Waals surface area contributed by atoms with Gasteiger partial charge in [0.25, 0.3) is 0 Å². The van der Waals surface area contributed by atoms with E-state index in [1.165, 1.54) is 44.5 Å². The van der Waals surface area contributed by atoms with Crippen LogP contribution in [0.5, 0.6) is 0 Å². The second-order valence-electron chi connectivity index (χ2n) is 12.1. The summed E-state index contributed by atoms with van der Waals surface area (Å²) in [5, 5.41) is 0. The van der Waals surface area contributed by atoms with E-state index in [2.05, 4.69) is 129 Å². The van der Waals surface area contributed by atoms with Crippen LogP contribution in [0.2, 0.25) is 0 Å². The predicted molar refractivity (Wildman–Crippen MR) is 152 cm³/mol. The van der Waals surface area contributed by atoms with Crippen LogP contribution in [-0.2, 0) is 10.8 Å². The molecule has 0 fully saturated rings. The van der Waals surface area contributed by atoms with E-state index in [0.29, 0.717) is 11.8 Å². The van der Waals surface area contributed by atoms with Crippen molar-refractivity contribution in [2.24, 2.45) is 5.92 Å². The quantitative estimate of drug-likeness (QED) is 0.392. The Morgan fingerprint density at radius 1 is 0.824 bits per heavy atom. The van der Waals surface area contributed by atoms with Crippen molar-refractivity contribution in [2.45, 2.75) is 85.0 Å². The Labute approximate surface area is 209 Å². The molecule has 1 unspecified atom stereocenters. The van der Waals surface area contributed by atoms with Crippen LogP contribution in [0.4, 0.5) is 0 Å². The Morgan fingerprint density at radius 2 is 1.38 bits per heavy atom. The molecule has 0 bridgehead atoms. The lowest BCUT2D eigenvalue weighted by Crippen LogP contribution is -2.17. The summed E-state index contributed by atoms with van der Waals surface area (Å²) in [4.78, 5) is 0. The monoisotopic (exact) mass is 452 g/mol. The molecule has 3 rings (SSSR count). The van der Waals surface area contributed by atoms with Crippen molar-refractivity contribution in [1.29, 1.82) is 0 Å². The lowest BCUT2D eigenvalue weighted by molar-refractivity contribution is 0.568. The molecule has 0 heteroatoms. The van der Waals surface area contributed by atoms with Crippen molar-refractivity contribution < 1.29 is 0 Å². The van der Waals surface area contributed by atoms with Gasteiger partial charge in [0.15, 0.2) is 0 Å². The number of hydrogen-bond donors (Lipinski definition) is 0. The van der Waals surface area contributed by atoms with E-state index < -0.39 is 0 Å². The van der Waals surface area contributed by atoms with E-state index in [0.717, 1.165) is 12.8 Å². The molecule has 2 atom stereocenters. The fraction of sp³-hybridized carbons (Fsp3) is 0.412. The lowest BCUT2D eigenvalue weighted by atomic mass is 9.77. The Morgan fingerprint density at radius 3 is 1.88 bits per heavy atom. The minimum absolute atomic E-state index is 0.111. The molecule has 0 nitrogen and oxygen atoms in total. The second kappa shape index (κ2) is 9.95. The SMILES string of the molecule is C=C(CC)c1ccc(C2C=CC=C2[C@H](C)CC(=C)c2cc(C(C)(C)C)cc(C(C)(C)C)c2)cc1. The van der Waals surface area contributed by atoms with Crippen molar-refractivity contribution in [3.8, 4) is 0 Å². The van der Waals surface area contributed by atoms with Crippen molar-refractivity contribution >= 4 is 11.1 Å². The molecule has 0 radical (unpaired) electrons. The minimum Gasteiger partial charge on any atom is -0.0952 e. The highest BCUT2D eigenvalue weighted by atomic mass is 14.3. The maximum Gasteiger partial charge on any atom is 0.0237 e. The summed E-state index contributed by atoms with van der Waals surface area (Å²) in [7, 11) is 0. The number of benzene rings is 2. The normalized spacial score (nSPS) is 16.9. The van der Waals surface area contributed by atoms with Crippen LogP contribution >= 0.6 is 0 Å². The molecule has 2 aromatic carbocycles. The molecule has 0 spiro atoms. The van der Waals surface area contributed by atoms with Crippen molar-refractivity contribution in [3.05, 3.63) is 107 Å². The van der Waals surface area contributed by atoms with Gasteiger partial charge in [-0.1, -0.05) is 135 Å². The molecule has 0 aromatic heterocycles. The summed E-state index contributed by atoms with van der Waals surface area (Å²) in [6.07, 6.45) is 8.81. The van der Waals surface area contributed by atoms with Gasteiger partial charge in [-0.3, -0.25) is 0 Å². The Hall–Kier alpha value is -2.60. The molecule has 0 saturated carbocycles. The van der Waals surface area contributed by atoms with Gasteiger partial charge in [-0.05, 0) is 68.6 Å². The highest BCUT2D eigenvalue weighted by Crippen LogP contribution is 2.40. The first-order valence-electron chi connectivity index (χ1n) is 12.8. The Balaban J connectivity index is 1.82. The average molecular weight is 453 g/mol. The van der Waals surface area contributed by atoms with E-state index in [1.807, 2.05) is 0 Å². The summed E-state index contributed by atoms with van der Waals surface area (Å²) in [5.74, 6) is 0.770. The number of rotatable bonds is 7. The van der Waals surface area contributed by atoms with E-state index >= 15 is 0 Å². The second-order valence-corrected chi connectivity index (χ2v) is 12.1. The molecule has 0 heterocycles. The summed E-state index contributed by atoms with van der Waals surface area (Å²) in [6, 6.07) is 16.1. The van der Waals surface area contributed by atoms with Gasteiger partial charge in [0.05, 0.1) is 0 Å². The minimum atomic E-state index is 0.111. The van der Waals surface area contributed by atoms with E-state index in [9.17, 15) is 0 Å². The fourth-order valence-electron chi connectivity index (χ4n) is 4.70. The molecular formula is C34H44. The van der Waals surface area contributed by atoms with E-state index in [1.54, 1.807) is 0 Å². The molecule has 34 heavy (non-hydrogen) atoms. The van der Waals surface area contributed by atoms with Crippen LogP contribution < -0.4 is 0 Å². The van der Waals surface area contributed by atoms with E-state index in [4.69, 9.17) is 0 Å². The molecule has 180 valence electrons. The van der Waals surface area contributed by atoms with Gasteiger partial charge in [-0.2, -0.15) is 0 Å². The Bertz CT molecular complexity index is 1070. The van der Waals surface area contributed by atoms with Gasteiger partial charge >= 0.3 is 0 Å². The first kappa shape index (κ1) is 26.0. The zero-order chi connectivity index (χ0) is 25.3. The zero-order valence-corrected chi connectivity index (χ0v) is 22.8. The molecule has 0 aliphatic heterocycles. The van der Waals surface area contributed by atoms with Crippen molar-refractivity contribution in [1.82, 2.24) is 0 Å². The fourth-order valence-corrected chi connectivity index (χ4v) is 4.70. The number of hydrogen-bond acceptors (Lipinski definition) is 0. The molecule has 0 N–H and O–H groups in total. The van der Waals surface area contributed by atoms with Gasteiger partial charge in [-0.15, -0.1) is 0 Å². The smallest absolute Gasteiger partial charge is 0.0237 e. The number of allylic oxidation sites excluding steroid dienone is 6. The van der Waals surface area contributed by atoms with Crippen LogP contribution in [-0.4, -0.2) is 0 Å². The van der Waals surface area contributed by atoms with Crippen LogP contribution in [0.15, 0.2) is 79.4 Å². The maximum atomic E-state index is 4.56. The third kappa shape index (κ3) is 5.90. The van der Waals surface area contributed by atoms with Gasteiger partial charge in [0.2, 0.25) is 0 Å². The van der Waals surface area contributed by atoms with E-state index in [-0.39, 0.29) is 10.8 Å². The van der Waals surface area contributed by atoms with Gasteiger partial charge < -0.3 is 0 Å². The third-order valence-electron chi connectivity index (χ3n) is 7.25. The Kier molecular flexibility index (Phi) is 7.61. The zero-order valence-electron chi connectivity index (χ0n) is 22.8. The van der Waals surface area contributed by atoms with Gasteiger partial charge in [0.1, 0.15) is 0 Å².